The van der Waals surface area contributed by atoms with Crippen LogP contribution < -0.4 is 5.32 Å². The number of nitrogens with one attached hydrogen (secondary N) is 1. The van der Waals surface area contributed by atoms with Crippen LogP contribution in [0, 0.1) is 10.1 Å². The molecular weight excluding hydrogens is 280 g/mol. The third kappa shape index (κ3) is 2.46. The monoisotopic (exact) mass is 296 g/mol. The first kappa shape index (κ1) is 14.3. The molecule has 5 heteroatoms. The van der Waals surface area contributed by atoms with Gasteiger partial charge in [0.15, 0.2) is 0 Å². The molecule has 5 nitrogen and oxygen atoms in total. The van der Waals surface area contributed by atoms with Gasteiger partial charge in [-0.25, -0.2) is 0 Å². The highest BCUT2D eigenvalue weighted by molar-refractivity contribution is 5.99. The minimum absolute atomic E-state index is 0.204. The number of hydrogen-bond donors (Lipinski definition) is 1. The Kier molecular flexibility index (Phi) is 3.89. The maximum atomic E-state index is 11.4. The molecule has 2 aromatic carbocycles. The molecule has 1 aromatic heterocycles. The quantitative estimate of drug-likeness (QED) is 0.568. The Hall–Kier alpha value is -2.66. The molecule has 0 unspecified atom stereocenters. The zero-order chi connectivity index (χ0) is 15.5. The number of furan rings is 1. The summed E-state index contributed by atoms with van der Waals surface area (Å²) in [5.74, 6) is -0.204. The van der Waals surface area contributed by atoms with Crippen LogP contribution in [0.2, 0.25) is 0 Å². The molecule has 0 amide bonds. The second-order valence-corrected chi connectivity index (χ2v) is 4.98. The predicted molar refractivity (Wildman–Crippen MR) is 85.7 cm³/mol. The number of nitrogens with zero attached hydrogens (tertiary/aromatic N) is 1. The molecule has 22 heavy (non-hydrogen) atoms. The van der Waals surface area contributed by atoms with Crippen LogP contribution in [0.15, 0.2) is 52.9 Å². The van der Waals surface area contributed by atoms with E-state index in [4.69, 9.17) is 4.42 Å². The summed E-state index contributed by atoms with van der Waals surface area (Å²) in [5.41, 5.74) is 2.83. The van der Waals surface area contributed by atoms with Gasteiger partial charge in [0.05, 0.1) is 0 Å². The topological polar surface area (TPSA) is 68.3 Å². The zero-order valence-corrected chi connectivity index (χ0v) is 12.2. The first-order valence-corrected chi connectivity index (χ1v) is 7.17. The molecule has 1 heterocycles. The second kappa shape index (κ2) is 5.99. The SMILES string of the molecule is CCNCc1cccc2c(-c3ccccc3)c([N+](=O)[O-])oc12. The van der Waals surface area contributed by atoms with E-state index < -0.39 is 4.92 Å². The van der Waals surface area contributed by atoms with Crippen LogP contribution in [0.3, 0.4) is 0 Å². The van der Waals surface area contributed by atoms with Crippen molar-refractivity contribution < 1.29 is 9.34 Å². The van der Waals surface area contributed by atoms with Crippen LogP contribution in [0.1, 0.15) is 12.5 Å². The average Bonchev–Trinajstić information content (AvgIpc) is 2.94. The van der Waals surface area contributed by atoms with E-state index in [2.05, 4.69) is 5.32 Å². The Balaban J connectivity index is 2.26. The van der Waals surface area contributed by atoms with Gasteiger partial charge in [-0.15, -0.1) is 0 Å². The summed E-state index contributed by atoms with van der Waals surface area (Å²) in [7, 11) is 0. The van der Waals surface area contributed by atoms with E-state index in [1.807, 2.05) is 55.5 Å². The highest BCUT2D eigenvalue weighted by atomic mass is 16.6. The lowest BCUT2D eigenvalue weighted by Gasteiger charge is -2.02. The third-order valence-corrected chi connectivity index (χ3v) is 3.57. The lowest BCUT2D eigenvalue weighted by molar-refractivity contribution is -0.400. The third-order valence-electron chi connectivity index (χ3n) is 3.57. The summed E-state index contributed by atoms with van der Waals surface area (Å²) in [6, 6.07) is 15.0. The van der Waals surface area contributed by atoms with Gasteiger partial charge < -0.3 is 9.73 Å². The second-order valence-electron chi connectivity index (χ2n) is 4.98. The van der Waals surface area contributed by atoms with Gasteiger partial charge in [0, 0.05) is 17.5 Å². The van der Waals surface area contributed by atoms with E-state index in [9.17, 15) is 10.1 Å². The Morgan fingerprint density at radius 1 is 1.14 bits per heavy atom. The first-order valence-electron chi connectivity index (χ1n) is 7.17. The standard InChI is InChI=1S/C17H16N2O3/c1-2-18-11-13-9-6-10-14-15(12-7-4-3-5-8-12)17(19(20)21)22-16(13)14/h3-10,18H,2,11H2,1H3. The van der Waals surface area contributed by atoms with Crippen LogP contribution in [0.25, 0.3) is 22.1 Å². The van der Waals surface area contributed by atoms with Crippen molar-refractivity contribution in [2.75, 3.05) is 6.54 Å². The number of para-hydroxylation sites is 1. The van der Waals surface area contributed by atoms with Crippen molar-refractivity contribution in [2.24, 2.45) is 0 Å². The van der Waals surface area contributed by atoms with Crippen LogP contribution in [0.4, 0.5) is 5.88 Å². The van der Waals surface area contributed by atoms with Crippen molar-refractivity contribution in [2.45, 2.75) is 13.5 Å². The largest absolute Gasteiger partial charge is 0.442 e. The molecular formula is C17H16N2O3. The van der Waals surface area contributed by atoms with E-state index in [1.165, 1.54) is 0 Å². The van der Waals surface area contributed by atoms with Crippen LogP contribution >= 0.6 is 0 Å². The average molecular weight is 296 g/mol. The Bertz CT molecular complexity index is 809. The molecule has 112 valence electrons. The molecule has 0 saturated carbocycles. The molecule has 0 radical (unpaired) electrons. The van der Waals surface area contributed by atoms with Crippen LogP contribution in [-0.2, 0) is 6.54 Å². The fourth-order valence-corrected chi connectivity index (χ4v) is 2.58. The van der Waals surface area contributed by atoms with Crippen molar-refractivity contribution in [1.29, 1.82) is 0 Å². The molecule has 1 N–H and O–H groups in total. The van der Waals surface area contributed by atoms with Crippen molar-refractivity contribution in [1.82, 2.24) is 5.32 Å². The van der Waals surface area contributed by atoms with Gasteiger partial charge in [0.25, 0.3) is 0 Å². The van der Waals surface area contributed by atoms with Gasteiger partial charge in [0.1, 0.15) is 16.1 Å². The van der Waals surface area contributed by atoms with Gasteiger partial charge in [-0.2, -0.15) is 0 Å². The van der Waals surface area contributed by atoms with Crippen molar-refractivity contribution >= 4 is 16.9 Å². The molecule has 0 aliphatic carbocycles. The number of benzene rings is 2. The maximum Gasteiger partial charge on any atom is 0.442 e. The summed E-state index contributed by atoms with van der Waals surface area (Å²) >= 11 is 0. The molecule has 0 bridgehead atoms. The smallest absolute Gasteiger partial charge is 0.400 e. The molecule has 0 atom stereocenters. The molecule has 0 aliphatic rings. The summed E-state index contributed by atoms with van der Waals surface area (Å²) in [6.07, 6.45) is 0. The van der Waals surface area contributed by atoms with Crippen LogP contribution in [0.5, 0.6) is 0 Å². The van der Waals surface area contributed by atoms with Crippen molar-refractivity contribution in [3.05, 3.63) is 64.2 Å². The van der Waals surface area contributed by atoms with Crippen molar-refractivity contribution in [3.8, 4) is 11.1 Å². The molecule has 0 saturated heterocycles. The molecule has 3 aromatic rings. The lowest BCUT2D eigenvalue weighted by atomic mass is 10.0. The molecule has 3 rings (SSSR count). The minimum atomic E-state index is -0.459. The molecule has 0 fully saturated rings. The van der Waals surface area contributed by atoms with Gasteiger partial charge >= 0.3 is 5.88 Å². The molecule has 0 spiro atoms. The predicted octanol–water partition coefficient (Wildman–Crippen LogP) is 4.12. The number of nitro groups is 1. The van der Waals surface area contributed by atoms with E-state index in [0.717, 1.165) is 23.1 Å². The van der Waals surface area contributed by atoms with Gasteiger partial charge in [-0.1, -0.05) is 55.5 Å². The number of rotatable bonds is 5. The normalized spacial score (nSPS) is 11.0. The summed E-state index contributed by atoms with van der Waals surface area (Å²) in [6.45, 7) is 3.46. The van der Waals surface area contributed by atoms with E-state index in [-0.39, 0.29) is 5.88 Å². The summed E-state index contributed by atoms with van der Waals surface area (Å²) in [4.78, 5) is 10.9. The lowest BCUT2D eigenvalue weighted by Crippen LogP contribution is -2.11. The number of hydrogen-bond acceptors (Lipinski definition) is 4. The van der Waals surface area contributed by atoms with Crippen molar-refractivity contribution in [3.63, 3.8) is 0 Å². The first-order chi connectivity index (χ1) is 10.7. The maximum absolute atomic E-state index is 11.4. The summed E-state index contributed by atoms with van der Waals surface area (Å²) < 4.78 is 5.60. The van der Waals surface area contributed by atoms with Gasteiger partial charge in [0.2, 0.25) is 0 Å². The van der Waals surface area contributed by atoms with Gasteiger partial charge in [-0.05, 0) is 12.1 Å². The number of fused-ring (bicyclic) bond motifs is 1. The fourth-order valence-electron chi connectivity index (χ4n) is 2.58. The highest BCUT2D eigenvalue weighted by Crippen LogP contribution is 2.40. The summed E-state index contributed by atoms with van der Waals surface area (Å²) in [5, 5.41) is 15.4. The van der Waals surface area contributed by atoms with E-state index in [1.54, 1.807) is 0 Å². The van der Waals surface area contributed by atoms with Crippen LogP contribution in [-0.4, -0.2) is 11.5 Å². The van der Waals surface area contributed by atoms with Gasteiger partial charge in [-0.3, -0.25) is 10.1 Å². The van der Waals surface area contributed by atoms with E-state index >= 15 is 0 Å². The Morgan fingerprint density at radius 3 is 2.59 bits per heavy atom. The Morgan fingerprint density at radius 2 is 1.91 bits per heavy atom. The molecule has 0 aliphatic heterocycles. The fraction of sp³-hybridized carbons (Fsp3) is 0.176. The van der Waals surface area contributed by atoms with E-state index in [0.29, 0.717) is 17.7 Å². The zero-order valence-electron chi connectivity index (χ0n) is 12.2. The highest BCUT2D eigenvalue weighted by Gasteiger charge is 2.26. The minimum Gasteiger partial charge on any atom is -0.400 e. The Labute approximate surface area is 127 Å².